The van der Waals surface area contributed by atoms with Gasteiger partial charge in [-0.2, -0.15) is 0 Å². The number of nitrogens with one attached hydrogen (secondary N) is 2. The molecule has 0 amide bonds. The third-order valence-corrected chi connectivity index (χ3v) is 5.86. The number of hydrogen-bond acceptors (Lipinski definition) is 5. The van der Waals surface area contributed by atoms with Crippen molar-refractivity contribution >= 4 is 29.9 Å². The van der Waals surface area contributed by atoms with E-state index in [0.717, 1.165) is 49.1 Å². The maximum Gasteiger partial charge on any atom is 0.226 e. The molecule has 4 rings (SSSR count). The van der Waals surface area contributed by atoms with Crippen molar-refractivity contribution in [3.8, 4) is 17.2 Å². The predicted octanol–water partition coefficient (Wildman–Crippen LogP) is 4.86. The van der Waals surface area contributed by atoms with Gasteiger partial charge in [0.15, 0.2) is 5.96 Å². The summed E-state index contributed by atoms with van der Waals surface area (Å²) in [6.45, 7) is 6.31. The summed E-state index contributed by atoms with van der Waals surface area (Å²) in [7, 11) is 1.70. The van der Waals surface area contributed by atoms with Crippen LogP contribution in [0.3, 0.4) is 0 Å². The van der Waals surface area contributed by atoms with E-state index in [2.05, 4.69) is 39.6 Å². The van der Waals surface area contributed by atoms with Crippen molar-refractivity contribution < 1.29 is 9.15 Å². The van der Waals surface area contributed by atoms with Crippen LogP contribution in [-0.4, -0.2) is 49.1 Å². The number of guanidine groups is 1. The average Bonchev–Trinajstić information content (AvgIpc) is 3.56. The Labute approximate surface area is 219 Å². The van der Waals surface area contributed by atoms with Crippen LogP contribution in [0.15, 0.2) is 70.3 Å². The third-order valence-electron chi connectivity index (χ3n) is 5.86. The first kappa shape index (κ1) is 26.0. The lowest BCUT2D eigenvalue weighted by Crippen LogP contribution is -2.42. The molecule has 0 radical (unpaired) electrons. The smallest absolute Gasteiger partial charge is 0.226 e. The second-order valence-electron chi connectivity index (χ2n) is 8.12. The van der Waals surface area contributed by atoms with Crippen molar-refractivity contribution in [1.29, 1.82) is 0 Å². The molecular formula is C26H34IN5O2. The Hall–Kier alpha value is -2.59. The molecule has 2 N–H and O–H groups in total. The molecule has 0 bridgehead atoms. The summed E-state index contributed by atoms with van der Waals surface area (Å²) in [6.07, 6.45) is 4.17. The number of rotatable bonds is 9. The predicted molar refractivity (Wildman–Crippen MR) is 147 cm³/mol. The van der Waals surface area contributed by atoms with Gasteiger partial charge in [-0.3, -0.25) is 4.90 Å². The van der Waals surface area contributed by atoms with Gasteiger partial charge in [0.25, 0.3) is 0 Å². The number of nitrogens with zero attached hydrogens (tertiary/aromatic N) is 3. The molecule has 1 unspecified atom stereocenters. The quantitative estimate of drug-likeness (QED) is 0.216. The van der Waals surface area contributed by atoms with Crippen LogP contribution >= 0.6 is 24.0 Å². The zero-order chi connectivity index (χ0) is 22.9. The molecule has 2 heterocycles. The number of aliphatic imine (C=N–C) groups is 1. The number of hydrogen-bond donors (Lipinski definition) is 2. The summed E-state index contributed by atoms with van der Waals surface area (Å²) in [6, 6.07) is 18.6. The normalized spacial score (nSPS) is 14.9. The minimum absolute atomic E-state index is 0. The van der Waals surface area contributed by atoms with Crippen LogP contribution in [-0.2, 0) is 6.54 Å². The molecule has 182 valence electrons. The van der Waals surface area contributed by atoms with Gasteiger partial charge in [0.05, 0.1) is 19.7 Å². The summed E-state index contributed by atoms with van der Waals surface area (Å²) in [5, 5.41) is 6.89. The van der Waals surface area contributed by atoms with Gasteiger partial charge in [0.2, 0.25) is 5.89 Å². The Balaban J connectivity index is 0.00000324. The van der Waals surface area contributed by atoms with Gasteiger partial charge in [0.1, 0.15) is 17.7 Å². The Bertz CT molecular complexity index is 1020. The third kappa shape index (κ3) is 6.96. The minimum atomic E-state index is 0. The van der Waals surface area contributed by atoms with E-state index < -0.39 is 0 Å². The van der Waals surface area contributed by atoms with Crippen molar-refractivity contribution in [3.05, 3.63) is 72.1 Å². The van der Waals surface area contributed by atoms with E-state index in [4.69, 9.17) is 14.1 Å². The zero-order valence-electron chi connectivity index (χ0n) is 19.9. The van der Waals surface area contributed by atoms with Gasteiger partial charge in [-0.05, 0) is 62.7 Å². The van der Waals surface area contributed by atoms with Crippen molar-refractivity contribution in [2.45, 2.75) is 32.4 Å². The largest absolute Gasteiger partial charge is 0.497 e. The van der Waals surface area contributed by atoms with Crippen LogP contribution in [0.25, 0.3) is 11.5 Å². The van der Waals surface area contributed by atoms with E-state index in [1.807, 2.05) is 42.5 Å². The Morgan fingerprint density at radius 3 is 2.50 bits per heavy atom. The van der Waals surface area contributed by atoms with E-state index in [0.29, 0.717) is 12.4 Å². The maximum atomic E-state index is 5.65. The second-order valence-corrected chi connectivity index (χ2v) is 8.12. The highest BCUT2D eigenvalue weighted by Crippen LogP contribution is 2.26. The molecule has 1 aromatic heterocycles. The number of likely N-dealkylation sites (tertiary alicyclic amines) is 1. The Morgan fingerprint density at radius 1 is 1.09 bits per heavy atom. The monoisotopic (exact) mass is 575 g/mol. The minimum Gasteiger partial charge on any atom is -0.497 e. The fourth-order valence-electron chi connectivity index (χ4n) is 4.13. The lowest BCUT2D eigenvalue weighted by atomic mass is 10.1. The van der Waals surface area contributed by atoms with Crippen LogP contribution in [0.4, 0.5) is 0 Å². The standard InChI is InChI=1S/C26H33N5O2.HI/c1-3-27-26(28-17-22-19-33-25(30-22)21-9-5-4-6-10-21)29-18-24(31-15-7-8-16-31)20-11-13-23(32-2)14-12-20;/h4-6,9-14,19,24H,3,7-8,15-18H2,1-2H3,(H2,27,28,29);1H. The van der Waals surface area contributed by atoms with Crippen LogP contribution in [0.2, 0.25) is 0 Å². The number of oxazole rings is 1. The van der Waals surface area contributed by atoms with Crippen molar-refractivity contribution in [2.24, 2.45) is 4.99 Å². The molecule has 1 aliphatic heterocycles. The van der Waals surface area contributed by atoms with E-state index in [9.17, 15) is 0 Å². The lowest BCUT2D eigenvalue weighted by molar-refractivity contribution is 0.245. The maximum absolute atomic E-state index is 5.65. The molecule has 2 aromatic carbocycles. The molecule has 1 fully saturated rings. The fourth-order valence-corrected chi connectivity index (χ4v) is 4.13. The number of halogens is 1. The van der Waals surface area contributed by atoms with Gasteiger partial charge < -0.3 is 19.8 Å². The average molecular weight is 575 g/mol. The van der Waals surface area contributed by atoms with E-state index in [1.54, 1.807) is 13.4 Å². The second kappa shape index (κ2) is 13.3. The van der Waals surface area contributed by atoms with Gasteiger partial charge in [-0.15, -0.1) is 24.0 Å². The molecule has 1 saturated heterocycles. The SMILES string of the molecule is CCNC(=NCc1coc(-c2ccccc2)n1)NCC(c1ccc(OC)cc1)N1CCCC1.I. The molecular weight excluding hydrogens is 541 g/mol. The Kier molecular flexibility index (Phi) is 10.2. The number of aromatic nitrogens is 1. The molecule has 34 heavy (non-hydrogen) atoms. The number of ether oxygens (including phenoxy) is 1. The summed E-state index contributed by atoms with van der Waals surface area (Å²) >= 11 is 0. The zero-order valence-corrected chi connectivity index (χ0v) is 22.2. The molecule has 0 spiro atoms. The highest BCUT2D eigenvalue weighted by Gasteiger charge is 2.23. The van der Waals surface area contributed by atoms with Gasteiger partial charge in [-0.1, -0.05) is 30.3 Å². The van der Waals surface area contributed by atoms with E-state index >= 15 is 0 Å². The van der Waals surface area contributed by atoms with Crippen LogP contribution < -0.4 is 15.4 Å². The van der Waals surface area contributed by atoms with Gasteiger partial charge in [0, 0.05) is 18.7 Å². The van der Waals surface area contributed by atoms with E-state index in [1.165, 1.54) is 18.4 Å². The van der Waals surface area contributed by atoms with Crippen molar-refractivity contribution in [1.82, 2.24) is 20.5 Å². The molecule has 8 heteroatoms. The van der Waals surface area contributed by atoms with Crippen LogP contribution in [0, 0.1) is 0 Å². The van der Waals surface area contributed by atoms with E-state index in [-0.39, 0.29) is 30.0 Å². The summed E-state index contributed by atoms with van der Waals surface area (Å²) < 4.78 is 11.0. The number of benzene rings is 2. The lowest BCUT2D eigenvalue weighted by Gasteiger charge is -2.29. The first-order chi connectivity index (χ1) is 16.3. The molecule has 0 aliphatic carbocycles. The first-order valence-corrected chi connectivity index (χ1v) is 11.7. The molecule has 1 atom stereocenters. The highest BCUT2D eigenvalue weighted by atomic mass is 127. The topological polar surface area (TPSA) is 74.9 Å². The van der Waals surface area contributed by atoms with Crippen LogP contribution in [0.5, 0.6) is 5.75 Å². The number of methoxy groups -OCH3 is 1. The summed E-state index contributed by atoms with van der Waals surface area (Å²) in [5.74, 6) is 2.27. The molecule has 3 aromatic rings. The van der Waals surface area contributed by atoms with Gasteiger partial charge >= 0.3 is 0 Å². The Morgan fingerprint density at radius 2 is 1.82 bits per heavy atom. The molecule has 0 saturated carbocycles. The summed E-state index contributed by atoms with van der Waals surface area (Å²) in [5.41, 5.74) is 3.05. The first-order valence-electron chi connectivity index (χ1n) is 11.7. The van der Waals surface area contributed by atoms with Crippen LogP contribution in [0.1, 0.15) is 37.1 Å². The molecule has 7 nitrogen and oxygen atoms in total. The molecule has 1 aliphatic rings. The van der Waals surface area contributed by atoms with Gasteiger partial charge in [-0.25, -0.2) is 9.98 Å². The highest BCUT2D eigenvalue weighted by molar-refractivity contribution is 14.0. The van der Waals surface area contributed by atoms with Crippen molar-refractivity contribution in [3.63, 3.8) is 0 Å². The summed E-state index contributed by atoms with van der Waals surface area (Å²) in [4.78, 5) is 11.9. The van der Waals surface area contributed by atoms with Crippen molar-refractivity contribution in [2.75, 3.05) is 33.3 Å². The fraction of sp³-hybridized carbons (Fsp3) is 0.385.